The Morgan fingerprint density at radius 1 is 1.10 bits per heavy atom. The minimum Gasteiger partial charge on any atom is -0.322 e. The Bertz CT molecular complexity index is 591. The molecular formula is C17H22N2O2. The lowest BCUT2D eigenvalue weighted by atomic mass is 10.0. The van der Waals surface area contributed by atoms with E-state index in [9.17, 15) is 9.59 Å². The second-order valence-corrected chi connectivity index (χ2v) is 7.09. The first-order chi connectivity index (χ1) is 9.73. The van der Waals surface area contributed by atoms with Gasteiger partial charge < -0.3 is 5.73 Å². The number of carbonyl (C=O) groups is 2. The minimum atomic E-state index is -0.322. The summed E-state index contributed by atoms with van der Waals surface area (Å²) >= 11 is 0. The molecule has 1 heterocycles. The highest BCUT2D eigenvalue weighted by atomic mass is 16.2. The summed E-state index contributed by atoms with van der Waals surface area (Å²) in [4.78, 5) is 26.0. The number of amides is 2. The maximum Gasteiger partial charge on any atom is 0.233 e. The Kier molecular flexibility index (Phi) is 2.99. The van der Waals surface area contributed by atoms with Crippen LogP contribution in [-0.4, -0.2) is 23.3 Å². The molecule has 0 bridgehead atoms. The number of benzene rings is 1. The Hall–Kier alpha value is -1.68. The maximum atomic E-state index is 12.3. The van der Waals surface area contributed by atoms with E-state index in [0.29, 0.717) is 0 Å². The van der Waals surface area contributed by atoms with Gasteiger partial charge in [0.15, 0.2) is 0 Å². The quantitative estimate of drug-likeness (QED) is 0.864. The summed E-state index contributed by atoms with van der Waals surface area (Å²) in [6, 6.07) is 5.80. The van der Waals surface area contributed by atoms with E-state index < -0.39 is 0 Å². The summed E-state index contributed by atoms with van der Waals surface area (Å²) in [7, 11) is 0. The summed E-state index contributed by atoms with van der Waals surface area (Å²) < 4.78 is 0. The third kappa shape index (κ3) is 2.09. The van der Waals surface area contributed by atoms with Crippen molar-refractivity contribution in [2.45, 2.75) is 33.7 Å². The van der Waals surface area contributed by atoms with Crippen molar-refractivity contribution in [3.05, 3.63) is 34.9 Å². The highest BCUT2D eigenvalue weighted by Crippen LogP contribution is 2.63. The molecule has 1 aliphatic heterocycles. The van der Waals surface area contributed by atoms with E-state index in [1.54, 1.807) is 0 Å². The van der Waals surface area contributed by atoms with E-state index in [-0.39, 0.29) is 41.7 Å². The van der Waals surface area contributed by atoms with Gasteiger partial charge in [0, 0.05) is 12.6 Å². The second kappa shape index (κ2) is 4.41. The molecule has 0 radical (unpaired) electrons. The van der Waals surface area contributed by atoms with Crippen molar-refractivity contribution in [1.82, 2.24) is 4.90 Å². The fraction of sp³-hybridized carbons (Fsp3) is 0.529. The van der Waals surface area contributed by atoms with E-state index in [1.165, 1.54) is 4.90 Å². The largest absolute Gasteiger partial charge is 0.322 e. The van der Waals surface area contributed by atoms with Gasteiger partial charge in [0.2, 0.25) is 11.8 Å². The zero-order valence-corrected chi connectivity index (χ0v) is 13.0. The van der Waals surface area contributed by atoms with Crippen molar-refractivity contribution < 1.29 is 9.59 Å². The van der Waals surface area contributed by atoms with Crippen molar-refractivity contribution >= 4 is 11.8 Å². The van der Waals surface area contributed by atoms with Crippen LogP contribution in [0.15, 0.2) is 18.2 Å². The molecule has 0 spiro atoms. The molecule has 4 nitrogen and oxygen atoms in total. The van der Waals surface area contributed by atoms with E-state index in [0.717, 1.165) is 16.7 Å². The van der Waals surface area contributed by atoms with E-state index in [1.807, 2.05) is 39.8 Å². The Morgan fingerprint density at radius 3 is 2.05 bits per heavy atom. The second-order valence-electron chi connectivity index (χ2n) is 7.09. The zero-order valence-electron chi connectivity index (χ0n) is 13.0. The van der Waals surface area contributed by atoms with Crippen LogP contribution in [0.4, 0.5) is 0 Å². The molecule has 1 aliphatic carbocycles. The van der Waals surface area contributed by atoms with Crippen LogP contribution in [0.25, 0.3) is 0 Å². The fourth-order valence-corrected chi connectivity index (χ4v) is 3.71. The number of rotatable bonds is 3. The van der Waals surface area contributed by atoms with Crippen molar-refractivity contribution in [2.24, 2.45) is 23.0 Å². The number of hydrogen-bond donors (Lipinski definition) is 1. The molecule has 112 valence electrons. The van der Waals surface area contributed by atoms with Gasteiger partial charge in [-0.1, -0.05) is 43.2 Å². The standard InChI is InChI=1S/C17H22N2O2/c1-9-5-10(2)7-11(6-9)12(18)8-19-15(20)13-14(16(19)21)17(13,3)4/h5-7,12-14H,8,18H2,1-4H3. The van der Waals surface area contributed by atoms with Crippen LogP contribution in [0, 0.1) is 31.1 Å². The lowest BCUT2D eigenvalue weighted by Crippen LogP contribution is -2.40. The molecule has 2 fully saturated rings. The van der Waals surface area contributed by atoms with Crippen LogP contribution in [0.3, 0.4) is 0 Å². The minimum absolute atomic E-state index is 0.0465. The third-order valence-electron chi connectivity index (χ3n) is 4.94. The molecule has 1 saturated carbocycles. The first kappa shape index (κ1) is 14.3. The fourth-order valence-electron chi connectivity index (χ4n) is 3.71. The lowest BCUT2D eigenvalue weighted by molar-refractivity contribution is -0.143. The first-order valence-electron chi connectivity index (χ1n) is 7.42. The maximum absolute atomic E-state index is 12.3. The van der Waals surface area contributed by atoms with Gasteiger partial charge in [-0.3, -0.25) is 14.5 Å². The summed E-state index contributed by atoms with van der Waals surface area (Å²) in [6.07, 6.45) is 0. The SMILES string of the molecule is Cc1cc(C)cc(C(N)CN2C(=O)C3C(C2=O)C3(C)C)c1. The summed E-state index contributed by atoms with van der Waals surface area (Å²) in [5.41, 5.74) is 9.32. The van der Waals surface area contributed by atoms with E-state index >= 15 is 0 Å². The molecule has 1 aromatic carbocycles. The molecule has 1 aromatic rings. The molecule has 3 rings (SSSR count). The molecule has 3 unspecified atom stereocenters. The normalized spacial score (nSPS) is 27.8. The van der Waals surface area contributed by atoms with Gasteiger partial charge in [-0.05, 0) is 24.8 Å². The molecule has 2 amide bonds. The first-order valence-corrected chi connectivity index (χ1v) is 7.42. The van der Waals surface area contributed by atoms with Gasteiger partial charge in [-0.15, -0.1) is 0 Å². The summed E-state index contributed by atoms with van der Waals surface area (Å²) in [5, 5.41) is 0. The zero-order chi connectivity index (χ0) is 15.5. The predicted octanol–water partition coefficient (Wildman–Crippen LogP) is 1.94. The van der Waals surface area contributed by atoms with Gasteiger partial charge in [0.05, 0.1) is 11.8 Å². The van der Waals surface area contributed by atoms with Crippen LogP contribution in [0.1, 0.15) is 36.6 Å². The van der Waals surface area contributed by atoms with Gasteiger partial charge >= 0.3 is 0 Å². The molecule has 21 heavy (non-hydrogen) atoms. The number of nitrogens with two attached hydrogens (primary N) is 1. The number of fused-ring (bicyclic) bond motifs is 1. The monoisotopic (exact) mass is 286 g/mol. The van der Waals surface area contributed by atoms with Gasteiger partial charge in [-0.25, -0.2) is 0 Å². The molecule has 2 aliphatic rings. The average molecular weight is 286 g/mol. The number of aryl methyl sites for hydroxylation is 2. The smallest absolute Gasteiger partial charge is 0.233 e. The van der Waals surface area contributed by atoms with Crippen LogP contribution in [0.2, 0.25) is 0 Å². The predicted molar refractivity (Wildman–Crippen MR) is 80.3 cm³/mol. The van der Waals surface area contributed by atoms with Gasteiger partial charge in [0.1, 0.15) is 0 Å². The molecule has 3 atom stereocenters. The van der Waals surface area contributed by atoms with Crippen molar-refractivity contribution in [2.75, 3.05) is 6.54 Å². The number of likely N-dealkylation sites (tertiary alicyclic amines) is 1. The molecular weight excluding hydrogens is 264 g/mol. The number of nitrogens with zero attached hydrogens (tertiary/aromatic N) is 1. The van der Waals surface area contributed by atoms with E-state index in [4.69, 9.17) is 5.73 Å². The van der Waals surface area contributed by atoms with Crippen molar-refractivity contribution in [3.8, 4) is 0 Å². The highest BCUT2D eigenvalue weighted by molar-refractivity contribution is 6.10. The number of carbonyl (C=O) groups excluding carboxylic acids is 2. The van der Waals surface area contributed by atoms with Gasteiger partial charge in [0.25, 0.3) is 0 Å². The number of imide groups is 1. The summed E-state index contributed by atoms with van der Waals surface area (Å²) in [6.45, 7) is 8.29. The molecule has 2 N–H and O–H groups in total. The van der Waals surface area contributed by atoms with E-state index in [2.05, 4.69) is 6.07 Å². The Balaban J connectivity index is 1.76. The van der Waals surface area contributed by atoms with Crippen molar-refractivity contribution in [3.63, 3.8) is 0 Å². The Labute approximate surface area is 125 Å². The highest BCUT2D eigenvalue weighted by Gasteiger charge is 2.72. The number of piperidine rings is 1. The van der Waals surface area contributed by atoms with Crippen LogP contribution in [0.5, 0.6) is 0 Å². The molecule has 4 heteroatoms. The lowest BCUT2D eigenvalue weighted by Gasteiger charge is -2.24. The van der Waals surface area contributed by atoms with Crippen LogP contribution < -0.4 is 5.73 Å². The topological polar surface area (TPSA) is 63.4 Å². The summed E-state index contributed by atoms with van der Waals surface area (Å²) in [5.74, 6) is -0.349. The molecule has 0 aromatic heterocycles. The van der Waals surface area contributed by atoms with Crippen LogP contribution in [-0.2, 0) is 9.59 Å². The third-order valence-corrected chi connectivity index (χ3v) is 4.94. The number of hydrogen-bond acceptors (Lipinski definition) is 3. The molecule has 1 saturated heterocycles. The van der Waals surface area contributed by atoms with Crippen molar-refractivity contribution in [1.29, 1.82) is 0 Å². The Morgan fingerprint density at radius 2 is 1.57 bits per heavy atom. The van der Waals surface area contributed by atoms with Gasteiger partial charge in [-0.2, -0.15) is 0 Å². The average Bonchev–Trinajstić information content (AvgIpc) is 2.85. The van der Waals surface area contributed by atoms with Crippen LogP contribution >= 0.6 is 0 Å².